The number of benzene rings is 1. The molecule has 0 aliphatic heterocycles. The van der Waals surface area contributed by atoms with Crippen LogP contribution >= 0.6 is 11.6 Å². The zero-order valence-corrected chi connectivity index (χ0v) is 14.0. The second-order valence-electron chi connectivity index (χ2n) is 6.26. The van der Waals surface area contributed by atoms with Crippen LogP contribution in [0.1, 0.15) is 38.2 Å². The largest absolute Gasteiger partial charge is 0.312 e. The highest BCUT2D eigenvalue weighted by atomic mass is 35.5. The van der Waals surface area contributed by atoms with Gasteiger partial charge in [-0.2, -0.15) is 0 Å². The van der Waals surface area contributed by atoms with E-state index < -0.39 is 0 Å². The Morgan fingerprint density at radius 2 is 2.00 bits per heavy atom. The molecule has 118 valence electrons. The van der Waals surface area contributed by atoms with E-state index in [1.54, 1.807) is 0 Å². The fourth-order valence-corrected chi connectivity index (χ4v) is 3.94. The Hall–Kier alpha value is -0.640. The number of halogens is 2. The lowest BCUT2D eigenvalue weighted by molar-refractivity contribution is 0.105. The molecule has 1 saturated carbocycles. The van der Waals surface area contributed by atoms with Crippen molar-refractivity contribution >= 4 is 11.6 Å². The Morgan fingerprint density at radius 1 is 1.33 bits per heavy atom. The van der Waals surface area contributed by atoms with Crippen molar-refractivity contribution in [3.05, 3.63) is 34.6 Å². The number of nitrogens with zero attached hydrogens (tertiary/aromatic N) is 1. The molecule has 4 heteroatoms. The van der Waals surface area contributed by atoms with Crippen molar-refractivity contribution in [3.8, 4) is 0 Å². The fourth-order valence-electron chi connectivity index (χ4n) is 3.70. The van der Waals surface area contributed by atoms with E-state index in [2.05, 4.69) is 31.2 Å². The first-order chi connectivity index (χ1) is 9.99. The van der Waals surface area contributed by atoms with Crippen molar-refractivity contribution in [3.63, 3.8) is 0 Å². The summed E-state index contributed by atoms with van der Waals surface area (Å²) in [7, 11) is 4.34. The molecular weight excluding hydrogens is 287 g/mol. The minimum atomic E-state index is -0.271. The summed E-state index contributed by atoms with van der Waals surface area (Å²) in [5.41, 5.74) is 1.20. The van der Waals surface area contributed by atoms with Crippen LogP contribution in [0.25, 0.3) is 0 Å². The van der Waals surface area contributed by atoms with Crippen molar-refractivity contribution in [1.29, 1.82) is 0 Å². The molecule has 1 unspecified atom stereocenters. The van der Waals surface area contributed by atoms with Crippen LogP contribution in [-0.2, 0) is 6.42 Å². The molecule has 0 saturated heterocycles. The smallest absolute Gasteiger partial charge is 0.124 e. The molecule has 1 aromatic carbocycles. The highest BCUT2D eigenvalue weighted by Gasteiger charge is 2.42. The van der Waals surface area contributed by atoms with Crippen LogP contribution in [0.15, 0.2) is 18.2 Å². The first-order valence-electron chi connectivity index (χ1n) is 7.84. The van der Waals surface area contributed by atoms with Gasteiger partial charge < -0.3 is 10.2 Å². The predicted molar refractivity (Wildman–Crippen MR) is 87.5 cm³/mol. The third kappa shape index (κ3) is 3.58. The molecule has 2 rings (SSSR count). The topological polar surface area (TPSA) is 15.3 Å². The van der Waals surface area contributed by atoms with Crippen LogP contribution in [0.4, 0.5) is 4.39 Å². The van der Waals surface area contributed by atoms with Gasteiger partial charge in [0.25, 0.3) is 0 Å². The summed E-state index contributed by atoms with van der Waals surface area (Å²) in [5, 5.41) is 4.18. The average Bonchev–Trinajstić information content (AvgIpc) is 2.91. The lowest BCUT2D eigenvalue weighted by atomic mass is 9.83. The van der Waals surface area contributed by atoms with Gasteiger partial charge in [-0.3, -0.25) is 0 Å². The van der Waals surface area contributed by atoms with Crippen LogP contribution in [0, 0.1) is 5.82 Å². The quantitative estimate of drug-likeness (QED) is 0.857. The van der Waals surface area contributed by atoms with Crippen molar-refractivity contribution < 1.29 is 4.39 Å². The number of likely N-dealkylation sites (N-methyl/N-ethyl adjacent to an activating group) is 2. The maximum Gasteiger partial charge on any atom is 0.124 e. The van der Waals surface area contributed by atoms with Gasteiger partial charge >= 0.3 is 0 Å². The molecule has 1 atom stereocenters. The minimum absolute atomic E-state index is 0.174. The molecule has 0 heterocycles. The number of rotatable bonds is 6. The average molecular weight is 313 g/mol. The van der Waals surface area contributed by atoms with E-state index in [1.807, 2.05) is 6.07 Å². The van der Waals surface area contributed by atoms with Crippen LogP contribution in [0.3, 0.4) is 0 Å². The Kier molecular flexibility index (Phi) is 5.64. The van der Waals surface area contributed by atoms with Gasteiger partial charge in [-0.05, 0) is 57.6 Å². The summed E-state index contributed by atoms with van der Waals surface area (Å²) in [6.07, 6.45) is 5.80. The van der Waals surface area contributed by atoms with Gasteiger partial charge in [-0.15, -0.1) is 0 Å². The minimum Gasteiger partial charge on any atom is -0.312 e. The summed E-state index contributed by atoms with van der Waals surface area (Å²) in [6.45, 7) is 3.07. The monoisotopic (exact) mass is 312 g/mol. The molecule has 0 amide bonds. The SMILES string of the molecule is CCNC(Cc1ccc(F)cc1Cl)C1(N(C)C)CCCC1. The van der Waals surface area contributed by atoms with Crippen LogP contribution in [-0.4, -0.2) is 37.1 Å². The molecule has 21 heavy (non-hydrogen) atoms. The van der Waals surface area contributed by atoms with Gasteiger partial charge in [0.2, 0.25) is 0 Å². The summed E-state index contributed by atoms with van der Waals surface area (Å²) in [4.78, 5) is 2.37. The third-order valence-corrected chi connectivity index (χ3v) is 5.25. The Bertz CT molecular complexity index is 470. The van der Waals surface area contributed by atoms with E-state index in [-0.39, 0.29) is 11.4 Å². The lowest BCUT2D eigenvalue weighted by Crippen LogP contribution is -2.58. The Morgan fingerprint density at radius 3 is 2.52 bits per heavy atom. The van der Waals surface area contributed by atoms with E-state index in [9.17, 15) is 4.39 Å². The molecule has 1 N–H and O–H groups in total. The Labute approximate surface area is 132 Å². The van der Waals surface area contributed by atoms with Crippen molar-refractivity contribution in [2.75, 3.05) is 20.6 Å². The van der Waals surface area contributed by atoms with Gasteiger partial charge in [-0.25, -0.2) is 4.39 Å². The van der Waals surface area contributed by atoms with E-state index >= 15 is 0 Å². The molecule has 0 aromatic heterocycles. The predicted octanol–water partition coefficient (Wildman–Crippen LogP) is 3.87. The molecule has 0 radical (unpaired) electrons. The molecule has 0 bridgehead atoms. The van der Waals surface area contributed by atoms with Gasteiger partial charge in [0.15, 0.2) is 0 Å². The van der Waals surface area contributed by atoms with Crippen LogP contribution < -0.4 is 5.32 Å². The molecule has 2 nitrogen and oxygen atoms in total. The molecule has 0 spiro atoms. The lowest BCUT2D eigenvalue weighted by Gasteiger charge is -2.44. The number of hydrogen-bond donors (Lipinski definition) is 1. The zero-order chi connectivity index (χ0) is 15.5. The third-order valence-electron chi connectivity index (χ3n) is 4.90. The van der Waals surface area contributed by atoms with Gasteiger partial charge in [0, 0.05) is 16.6 Å². The van der Waals surface area contributed by atoms with Crippen molar-refractivity contribution in [2.24, 2.45) is 0 Å². The molecule has 1 fully saturated rings. The van der Waals surface area contributed by atoms with E-state index in [0.717, 1.165) is 18.5 Å². The summed E-state index contributed by atoms with van der Waals surface area (Å²) in [5.74, 6) is -0.271. The molecule has 1 aromatic rings. The summed E-state index contributed by atoms with van der Waals surface area (Å²) in [6, 6.07) is 5.07. The summed E-state index contributed by atoms with van der Waals surface area (Å²) < 4.78 is 13.2. The highest BCUT2D eigenvalue weighted by Crippen LogP contribution is 2.38. The first kappa shape index (κ1) is 16.7. The van der Waals surface area contributed by atoms with E-state index in [0.29, 0.717) is 11.1 Å². The first-order valence-corrected chi connectivity index (χ1v) is 8.22. The highest BCUT2D eigenvalue weighted by molar-refractivity contribution is 6.31. The van der Waals surface area contributed by atoms with Crippen LogP contribution in [0.2, 0.25) is 5.02 Å². The molecule has 1 aliphatic carbocycles. The second kappa shape index (κ2) is 7.08. The molecule has 1 aliphatic rings. The van der Waals surface area contributed by atoms with Crippen molar-refractivity contribution in [1.82, 2.24) is 10.2 Å². The standard InChI is InChI=1S/C17H26ClFN2/c1-4-20-16(17(21(2)3)9-5-6-10-17)11-13-7-8-14(19)12-15(13)18/h7-8,12,16,20H,4-6,9-11H2,1-3H3. The van der Waals surface area contributed by atoms with Crippen molar-refractivity contribution in [2.45, 2.75) is 50.6 Å². The summed E-state index contributed by atoms with van der Waals surface area (Å²) >= 11 is 6.22. The maximum absolute atomic E-state index is 13.2. The fraction of sp³-hybridized carbons (Fsp3) is 0.647. The number of nitrogens with one attached hydrogen (secondary N) is 1. The van der Waals surface area contributed by atoms with Crippen LogP contribution in [0.5, 0.6) is 0 Å². The van der Waals surface area contributed by atoms with Gasteiger partial charge in [0.1, 0.15) is 5.82 Å². The van der Waals surface area contributed by atoms with E-state index in [1.165, 1.54) is 37.8 Å². The van der Waals surface area contributed by atoms with Gasteiger partial charge in [-0.1, -0.05) is 37.4 Å². The molecular formula is C17H26ClFN2. The Balaban J connectivity index is 2.26. The zero-order valence-electron chi connectivity index (χ0n) is 13.3. The number of hydrogen-bond acceptors (Lipinski definition) is 2. The second-order valence-corrected chi connectivity index (χ2v) is 6.66. The maximum atomic E-state index is 13.2. The van der Waals surface area contributed by atoms with Gasteiger partial charge in [0.05, 0.1) is 0 Å². The van der Waals surface area contributed by atoms with E-state index in [4.69, 9.17) is 11.6 Å². The normalized spacial score (nSPS) is 19.1.